The molecule has 0 radical (unpaired) electrons. The van der Waals surface area contributed by atoms with E-state index in [4.69, 9.17) is 10.5 Å². The molecule has 18 heavy (non-hydrogen) atoms. The van der Waals surface area contributed by atoms with Crippen LogP contribution in [-0.2, 0) is 17.2 Å². The van der Waals surface area contributed by atoms with Crippen molar-refractivity contribution in [1.82, 2.24) is 9.55 Å². The molecular weight excluding hydrogens is 230 g/mol. The second-order valence-electron chi connectivity index (χ2n) is 4.96. The van der Waals surface area contributed by atoms with Crippen LogP contribution in [0, 0.1) is 0 Å². The van der Waals surface area contributed by atoms with E-state index in [-0.39, 0.29) is 12.0 Å². The highest BCUT2D eigenvalue weighted by Crippen LogP contribution is 2.36. The number of aromatic nitrogens is 2. The molecule has 2 aromatic rings. The van der Waals surface area contributed by atoms with Crippen LogP contribution < -0.4 is 5.73 Å². The van der Waals surface area contributed by atoms with E-state index < -0.39 is 6.10 Å². The molecule has 1 aromatic heterocycles. The number of benzene rings is 1. The van der Waals surface area contributed by atoms with Crippen LogP contribution in [-0.4, -0.2) is 40.5 Å². The molecule has 0 saturated carbocycles. The highest BCUT2D eigenvalue weighted by Gasteiger charge is 2.46. The van der Waals surface area contributed by atoms with Gasteiger partial charge in [0.25, 0.3) is 0 Å². The monoisotopic (exact) mass is 247 g/mol. The zero-order chi connectivity index (χ0) is 12.8. The minimum Gasteiger partial charge on any atom is -0.391 e. The summed E-state index contributed by atoms with van der Waals surface area (Å²) in [5.74, 6) is 0. The maximum atomic E-state index is 10.1. The first-order valence-corrected chi connectivity index (χ1v) is 6.05. The lowest BCUT2D eigenvalue weighted by Crippen LogP contribution is -2.57. The van der Waals surface area contributed by atoms with Gasteiger partial charge in [-0.15, -0.1) is 0 Å². The number of hydrogen-bond donors (Lipinski definition) is 2. The van der Waals surface area contributed by atoms with Gasteiger partial charge in [0.15, 0.2) is 0 Å². The van der Waals surface area contributed by atoms with E-state index in [0.29, 0.717) is 13.2 Å². The average molecular weight is 247 g/mol. The first-order valence-electron chi connectivity index (χ1n) is 6.05. The molecule has 2 heterocycles. The van der Waals surface area contributed by atoms with Crippen LogP contribution in [0.3, 0.4) is 0 Å². The normalized spacial score (nSPS) is 19.7. The molecule has 1 aliphatic rings. The number of hydrogen-bond acceptors (Lipinski definition) is 4. The molecule has 0 amide bonds. The van der Waals surface area contributed by atoms with E-state index >= 15 is 0 Å². The first-order chi connectivity index (χ1) is 8.67. The molecule has 1 atom stereocenters. The van der Waals surface area contributed by atoms with Crippen molar-refractivity contribution in [3.05, 3.63) is 30.1 Å². The van der Waals surface area contributed by atoms with E-state index in [2.05, 4.69) is 4.98 Å². The molecule has 0 aliphatic carbocycles. The Hall–Kier alpha value is -1.43. The summed E-state index contributed by atoms with van der Waals surface area (Å²) in [6.07, 6.45) is 1.21. The number of imidazole rings is 1. The van der Waals surface area contributed by atoms with Crippen molar-refractivity contribution in [1.29, 1.82) is 0 Å². The predicted molar refractivity (Wildman–Crippen MR) is 68.3 cm³/mol. The summed E-state index contributed by atoms with van der Waals surface area (Å²) in [6, 6.07) is 6.09. The maximum Gasteiger partial charge on any atom is 0.0955 e. The average Bonchev–Trinajstić information content (AvgIpc) is 2.69. The number of aryl methyl sites for hydroxylation is 1. The third-order valence-electron chi connectivity index (χ3n) is 3.88. The smallest absolute Gasteiger partial charge is 0.0955 e. The van der Waals surface area contributed by atoms with Crippen molar-refractivity contribution in [3.8, 4) is 0 Å². The molecule has 0 bridgehead atoms. The fourth-order valence-corrected chi connectivity index (χ4v) is 2.54. The molecule has 1 unspecified atom stereocenters. The molecule has 1 fully saturated rings. The van der Waals surface area contributed by atoms with Gasteiger partial charge in [-0.05, 0) is 17.7 Å². The van der Waals surface area contributed by atoms with Gasteiger partial charge < -0.3 is 20.1 Å². The Kier molecular flexibility index (Phi) is 2.62. The minimum absolute atomic E-state index is 0.240. The van der Waals surface area contributed by atoms with Gasteiger partial charge in [0, 0.05) is 13.6 Å². The molecule has 5 nitrogen and oxygen atoms in total. The number of nitrogens with zero attached hydrogens (tertiary/aromatic N) is 2. The van der Waals surface area contributed by atoms with Gasteiger partial charge in [-0.2, -0.15) is 0 Å². The van der Waals surface area contributed by atoms with Crippen LogP contribution >= 0.6 is 0 Å². The van der Waals surface area contributed by atoms with E-state index in [1.807, 2.05) is 29.8 Å². The summed E-state index contributed by atoms with van der Waals surface area (Å²) in [6.45, 7) is 1.27. The molecule has 3 rings (SSSR count). The van der Waals surface area contributed by atoms with E-state index in [1.54, 1.807) is 6.33 Å². The van der Waals surface area contributed by atoms with Gasteiger partial charge in [0.2, 0.25) is 0 Å². The van der Waals surface area contributed by atoms with Gasteiger partial charge in [-0.25, -0.2) is 4.98 Å². The summed E-state index contributed by atoms with van der Waals surface area (Å²) in [7, 11) is 1.96. The van der Waals surface area contributed by atoms with Gasteiger partial charge in [0.05, 0.1) is 42.1 Å². The zero-order valence-electron chi connectivity index (χ0n) is 10.3. The molecule has 1 aliphatic heterocycles. The molecule has 5 heteroatoms. The zero-order valence-corrected chi connectivity index (χ0v) is 10.3. The summed E-state index contributed by atoms with van der Waals surface area (Å²) in [5.41, 5.74) is 8.30. The van der Waals surface area contributed by atoms with Crippen molar-refractivity contribution in [2.24, 2.45) is 12.8 Å². The third kappa shape index (κ3) is 1.48. The Morgan fingerprint density at radius 3 is 2.94 bits per heavy atom. The Morgan fingerprint density at radius 2 is 2.33 bits per heavy atom. The Morgan fingerprint density at radius 1 is 1.56 bits per heavy atom. The summed E-state index contributed by atoms with van der Waals surface area (Å²) in [5, 5.41) is 10.1. The van der Waals surface area contributed by atoms with Gasteiger partial charge >= 0.3 is 0 Å². The van der Waals surface area contributed by atoms with Crippen LogP contribution in [0.4, 0.5) is 0 Å². The van der Waals surface area contributed by atoms with Crippen LogP contribution in [0.5, 0.6) is 0 Å². The second kappa shape index (κ2) is 4.05. The largest absolute Gasteiger partial charge is 0.391 e. The highest BCUT2D eigenvalue weighted by molar-refractivity contribution is 5.76. The number of nitrogens with two attached hydrogens (primary N) is 1. The number of aliphatic hydroxyl groups is 1. The van der Waals surface area contributed by atoms with Gasteiger partial charge in [-0.3, -0.25) is 0 Å². The Bertz CT molecular complexity index is 575. The predicted octanol–water partition coefficient (Wildman–Crippen LogP) is 0.161. The Labute approximate surface area is 105 Å². The maximum absolute atomic E-state index is 10.1. The Balaban J connectivity index is 2.07. The van der Waals surface area contributed by atoms with Crippen LogP contribution in [0.15, 0.2) is 24.5 Å². The topological polar surface area (TPSA) is 73.3 Å². The van der Waals surface area contributed by atoms with Crippen molar-refractivity contribution in [2.45, 2.75) is 11.5 Å². The minimum atomic E-state index is -0.576. The summed E-state index contributed by atoms with van der Waals surface area (Å²) < 4.78 is 7.27. The fraction of sp³-hybridized carbons (Fsp3) is 0.462. The van der Waals surface area contributed by atoms with Gasteiger partial charge in [0.1, 0.15) is 0 Å². The number of rotatable bonds is 3. The third-order valence-corrected chi connectivity index (χ3v) is 3.88. The SMILES string of the molecule is Cn1cnc2cc(C3(C(O)CN)COC3)ccc21. The van der Waals surface area contributed by atoms with E-state index in [1.165, 1.54) is 0 Å². The lowest BCUT2D eigenvalue weighted by molar-refractivity contribution is -0.116. The van der Waals surface area contributed by atoms with E-state index in [0.717, 1.165) is 16.6 Å². The standard InChI is InChI=1S/C13H17N3O2/c1-16-8-15-10-4-9(2-3-11(10)16)13(6-18-7-13)12(17)5-14/h2-4,8,12,17H,5-7,14H2,1H3. The van der Waals surface area contributed by atoms with Crippen molar-refractivity contribution < 1.29 is 9.84 Å². The summed E-state index contributed by atoms with van der Waals surface area (Å²) >= 11 is 0. The van der Waals surface area contributed by atoms with Crippen molar-refractivity contribution in [2.75, 3.05) is 19.8 Å². The van der Waals surface area contributed by atoms with Crippen LogP contribution in [0.1, 0.15) is 5.56 Å². The van der Waals surface area contributed by atoms with E-state index in [9.17, 15) is 5.11 Å². The molecule has 1 aromatic carbocycles. The van der Waals surface area contributed by atoms with Crippen molar-refractivity contribution in [3.63, 3.8) is 0 Å². The van der Waals surface area contributed by atoms with Gasteiger partial charge in [-0.1, -0.05) is 6.07 Å². The summed E-state index contributed by atoms with van der Waals surface area (Å²) in [4.78, 5) is 4.35. The second-order valence-corrected chi connectivity index (χ2v) is 4.96. The molecule has 0 spiro atoms. The molecule has 3 N–H and O–H groups in total. The lowest BCUT2D eigenvalue weighted by Gasteiger charge is -2.45. The van der Waals surface area contributed by atoms with Crippen LogP contribution in [0.2, 0.25) is 0 Å². The first kappa shape index (κ1) is 11.6. The van der Waals surface area contributed by atoms with Crippen molar-refractivity contribution >= 4 is 11.0 Å². The number of fused-ring (bicyclic) bond motifs is 1. The quantitative estimate of drug-likeness (QED) is 0.810. The van der Waals surface area contributed by atoms with Crippen LogP contribution in [0.25, 0.3) is 11.0 Å². The molecular formula is C13H17N3O2. The number of aliphatic hydroxyl groups excluding tert-OH is 1. The highest BCUT2D eigenvalue weighted by atomic mass is 16.5. The molecule has 1 saturated heterocycles. The lowest BCUT2D eigenvalue weighted by atomic mass is 9.73. The fourth-order valence-electron chi connectivity index (χ4n) is 2.54. The molecule has 96 valence electrons. The number of ether oxygens (including phenoxy) is 1.